The van der Waals surface area contributed by atoms with E-state index < -0.39 is 15.7 Å². The van der Waals surface area contributed by atoms with Gasteiger partial charge in [-0.15, -0.1) is 0 Å². The first-order valence-corrected chi connectivity index (χ1v) is 8.17. The summed E-state index contributed by atoms with van der Waals surface area (Å²) in [5, 5.41) is 6.12. The number of sulfone groups is 1. The van der Waals surface area contributed by atoms with Gasteiger partial charge in [-0.3, -0.25) is 4.79 Å². The Kier molecular flexibility index (Phi) is 4.89. The summed E-state index contributed by atoms with van der Waals surface area (Å²) in [5.74, 6) is -0.769. The van der Waals surface area contributed by atoms with E-state index in [9.17, 15) is 17.6 Å². The van der Waals surface area contributed by atoms with Gasteiger partial charge in [0.2, 0.25) is 0 Å². The second-order valence-corrected chi connectivity index (χ2v) is 6.96. The molecule has 1 aromatic carbocycles. The summed E-state index contributed by atoms with van der Waals surface area (Å²) in [6.07, 6.45) is 1.71. The van der Waals surface area contributed by atoms with E-state index in [2.05, 4.69) is 10.5 Å². The first kappa shape index (κ1) is 15.4. The maximum absolute atomic E-state index is 12.9. The molecule has 1 saturated heterocycles. The molecule has 1 heterocycles. The fraction of sp³-hybridized carbons (Fsp3) is 0.385. The molecule has 1 fully saturated rings. The highest BCUT2D eigenvalue weighted by Crippen LogP contribution is 2.10. The third-order valence-electron chi connectivity index (χ3n) is 2.92. The molecule has 1 aromatic rings. The third-order valence-corrected chi connectivity index (χ3v) is 4.69. The van der Waals surface area contributed by atoms with Gasteiger partial charge < -0.3 is 10.2 Å². The molecule has 0 saturated carbocycles. The highest BCUT2D eigenvalue weighted by atomic mass is 32.2. The standard InChI is InChI=1S/C13H15FN2O4S/c14-11-3-1-2-10(6-11)7-15-20-8-13(17)16-12-4-5-21(18,19)9-12/h1-3,6-7,12H,4-5,8-9H2,(H,16,17)/b15-7-/t12-/m0/s1. The Hall–Kier alpha value is -1.96. The molecular weight excluding hydrogens is 299 g/mol. The summed E-state index contributed by atoms with van der Waals surface area (Å²) in [6, 6.07) is 5.39. The number of oxime groups is 1. The van der Waals surface area contributed by atoms with E-state index in [1.165, 1.54) is 24.4 Å². The Morgan fingerprint density at radius 2 is 2.33 bits per heavy atom. The van der Waals surface area contributed by atoms with Gasteiger partial charge in [-0.25, -0.2) is 12.8 Å². The van der Waals surface area contributed by atoms with Crippen molar-refractivity contribution in [3.63, 3.8) is 0 Å². The monoisotopic (exact) mass is 314 g/mol. The summed E-state index contributed by atoms with van der Waals surface area (Å²) in [4.78, 5) is 16.3. The molecule has 1 N–H and O–H groups in total. The molecule has 1 aliphatic rings. The summed E-state index contributed by atoms with van der Waals surface area (Å²) in [7, 11) is -3.03. The molecule has 8 heteroatoms. The van der Waals surface area contributed by atoms with E-state index in [1.807, 2.05) is 0 Å². The molecule has 1 aliphatic heterocycles. The number of hydrogen-bond donors (Lipinski definition) is 1. The summed E-state index contributed by atoms with van der Waals surface area (Å²) in [5.41, 5.74) is 0.511. The van der Waals surface area contributed by atoms with E-state index in [4.69, 9.17) is 4.84 Å². The van der Waals surface area contributed by atoms with E-state index in [0.29, 0.717) is 12.0 Å². The molecule has 0 radical (unpaired) electrons. The second-order valence-electron chi connectivity index (χ2n) is 4.73. The highest BCUT2D eigenvalue weighted by molar-refractivity contribution is 7.91. The van der Waals surface area contributed by atoms with Crippen LogP contribution in [0.25, 0.3) is 0 Å². The van der Waals surface area contributed by atoms with Crippen molar-refractivity contribution >= 4 is 22.0 Å². The Morgan fingerprint density at radius 3 is 3.00 bits per heavy atom. The zero-order chi connectivity index (χ0) is 15.3. The number of nitrogens with zero attached hydrogens (tertiary/aromatic N) is 1. The number of halogens is 1. The van der Waals surface area contributed by atoms with E-state index in [0.717, 1.165) is 0 Å². The van der Waals surface area contributed by atoms with Crippen LogP contribution in [0.15, 0.2) is 29.4 Å². The van der Waals surface area contributed by atoms with Crippen LogP contribution in [-0.4, -0.2) is 44.7 Å². The Balaban J connectivity index is 1.72. The zero-order valence-corrected chi connectivity index (χ0v) is 12.0. The lowest BCUT2D eigenvalue weighted by molar-refractivity contribution is -0.126. The SMILES string of the molecule is O=C(CO/N=C\c1cccc(F)c1)N[C@H]1CCS(=O)(=O)C1. The lowest BCUT2D eigenvalue weighted by Crippen LogP contribution is -2.37. The van der Waals surface area contributed by atoms with Crippen LogP contribution in [0, 0.1) is 5.82 Å². The number of carbonyl (C=O) groups excluding carboxylic acids is 1. The van der Waals surface area contributed by atoms with Gasteiger partial charge in [0.15, 0.2) is 16.4 Å². The fourth-order valence-electron chi connectivity index (χ4n) is 1.96. The van der Waals surface area contributed by atoms with Crippen molar-refractivity contribution in [3.05, 3.63) is 35.6 Å². The quantitative estimate of drug-likeness (QED) is 0.633. The van der Waals surface area contributed by atoms with Crippen LogP contribution in [0.1, 0.15) is 12.0 Å². The molecule has 2 rings (SSSR count). The molecule has 1 atom stereocenters. The Bertz CT molecular complexity index is 645. The summed E-state index contributed by atoms with van der Waals surface area (Å²) < 4.78 is 35.3. The van der Waals surface area contributed by atoms with Crippen molar-refractivity contribution in [1.29, 1.82) is 0 Å². The zero-order valence-electron chi connectivity index (χ0n) is 11.2. The van der Waals surface area contributed by atoms with Gasteiger partial charge >= 0.3 is 0 Å². The van der Waals surface area contributed by atoms with Crippen LogP contribution >= 0.6 is 0 Å². The molecular formula is C13H15FN2O4S. The number of rotatable bonds is 5. The van der Waals surface area contributed by atoms with Crippen LogP contribution in [0.4, 0.5) is 4.39 Å². The van der Waals surface area contributed by atoms with Crippen molar-refractivity contribution < 1.29 is 22.4 Å². The maximum atomic E-state index is 12.9. The number of amides is 1. The average Bonchev–Trinajstić information content (AvgIpc) is 2.74. The first-order valence-electron chi connectivity index (χ1n) is 6.35. The normalized spacial score (nSPS) is 20.5. The van der Waals surface area contributed by atoms with Gasteiger partial charge in [0, 0.05) is 6.04 Å². The lowest BCUT2D eigenvalue weighted by Gasteiger charge is -2.09. The summed E-state index contributed by atoms with van der Waals surface area (Å²) in [6.45, 7) is -0.317. The second kappa shape index (κ2) is 6.66. The van der Waals surface area contributed by atoms with Crippen molar-refractivity contribution in [3.8, 4) is 0 Å². The largest absolute Gasteiger partial charge is 0.386 e. The van der Waals surface area contributed by atoms with Gasteiger partial charge in [-0.1, -0.05) is 17.3 Å². The Morgan fingerprint density at radius 1 is 1.52 bits per heavy atom. The first-order chi connectivity index (χ1) is 9.94. The minimum atomic E-state index is -3.03. The molecule has 6 nitrogen and oxygen atoms in total. The van der Waals surface area contributed by atoms with Crippen LogP contribution in [0.2, 0.25) is 0 Å². The minimum Gasteiger partial charge on any atom is -0.386 e. The molecule has 21 heavy (non-hydrogen) atoms. The van der Waals surface area contributed by atoms with Crippen LogP contribution in [0.3, 0.4) is 0 Å². The van der Waals surface area contributed by atoms with Crippen molar-refractivity contribution in [1.82, 2.24) is 5.32 Å². The summed E-state index contributed by atoms with van der Waals surface area (Å²) >= 11 is 0. The number of carbonyl (C=O) groups is 1. The smallest absolute Gasteiger partial charge is 0.261 e. The maximum Gasteiger partial charge on any atom is 0.261 e. The van der Waals surface area contributed by atoms with Crippen molar-refractivity contribution in [2.45, 2.75) is 12.5 Å². The Labute approximate surface area is 121 Å². The fourth-order valence-corrected chi connectivity index (χ4v) is 3.63. The number of hydrogen-bond acceptors (Lipinski definition) is 5. The van der Waals surface area contributed by atoms with Crippen molar-refractivity contribution in [2.75, 3.05) is 18.1 Å². The molecule has 0 aliphatic carbocycles. The molecule has 114 valence electrons. The molecule has 0 aromatic heterocycles. The molecule has 1 amide bonds. The lowest BCUT2D eigenvalue weighted by atomic mass is 10.2. The predicted octanol–water partition coefficient (Wildman–Crippen LogP) is 0.480. The van der Waals surface area contributed by atoms with E-state index >= 15 is 0 Å². The number of benzene rings is 1. The van der Waals surface area contributed by atoms with Gasteiger partial charge in [-0.05, 0) is 24.1 Å². The van der Waals surface area contributed by atoms with E-state index in [-0.39, 0.29) is 30.0 Å². The van der Waals surface area contributed by atoms with Crippen LogP contribution < -0.4 is 5.32 Å². The third kappa shape index (κ3) is 5.14. The van der Waals surface area contributed by atoms with Gasteiger partial charge in [-0.2, -0.15) is 0 Å². The topological polar surface area (TPSA) is 84.8 Å². The van der Waals surface area contributed by atoms with Gasteiger partial charge in [0.25, 0.3) is 5.91 Å². The van der Waals surface area contributed by atoms with Gasteiger partial charge in [0.05, 0.1) is 17.7 Å². The number of nitrogens with one attached hydrogen (secondary N) is 1. The van der Waals surface area contributed by atoms with Crippen LogP contribution in [-0.2, 0) is 19.5 Å². The molecule has 0 unspecified atom stereocenters. The predicted molar refractivity (Wildman–Crippen MR) is 75.1 cm³/mol. The minimum absolute atomic E-state index is 0.0364. The van der Waals surface area contributed by atoms with Crippen molar-refractivity contribution in [2.24, 2.45) is 5.16 Å². The van der Waals surface area contributed by atoms with Gasteiger partial charge in [0.1, 0.15) is 5.82 Å². The highest BCUT2D eigenvalue weighted by Gasteiger charge is 2.28. The average molecular weight is 314 g/mol. The molecule has 0 bridgehead atoms. The van der Waals surface area contributed by atoms with E-state index in [1.54, 1.807) is 6.07 Å². The molecule has 0 spiro atoms. The van der Waals surface area contributed by atoms with Crippen LogP contribution in [0.5, 0.6) is 0 Å².